The minimum atomic E-state index is -0.184. The van der Waals surface area contributed by atoms with E-state index in [1.165, 1.54) is 5.56 Å². The lowest BCUT2D eigenvalue weighted by Crippen LogP contribution is -2.38. The molecule has 2 atom stereocenters. The molecule has 2 aromatic rings. The molecule has 27 heavy (non-hydrogen) atoms. The molecule has 2 unspecified atom stereocenters. The van der Waals surface area contributed by atoms with E-state index in [4.69, 9.17) is 11.6 Å². The van der Waals surface area contributed by atoms with E-state index in [1.54, 1.807) is 0 Å². The molecule has 0 spiro atoms. The fourth-order valence-electron chi connectivity index (χ4n) is 3.83. The molecule has 1 heterocycles. The standard InChI is InChI=1S/C22H23ClN2O2/c23-17-9-7-15(8-10-17)11-12-24-21(26)18-14-19(18)22(27)25-13-3-5-16-4-1-2-6-20(16)25/h1-2,4,6-10,18-19H,3,5,11-14H2,(H,24,26). The van der Waals surface area contributed by atoms with E-state index >= 15 is 0 Å². The number of benzene rings is 2. The molecule has 2 amide bonds. The summed E-state index contributed by atoms with van der Waals surface area (Å²) >= 11 is 5.88. The van der Waals surface area contributed by atoms with E-state index in [0.717, 1.165) is 37.1 Å². The number of hydrogen-bond donors (Lipinski definition) is 1. The van der Waals surface area contributed by atoms with Gasteiger partial charge in [0.2, 0.25) is 11.8 Å². The van der Waals surface area contributed by atoms with Crippen LogP contribution in [0.1, 0.15) is 24.0 Å². The van der Waals surface area contributed by atoms with Crippen LogP contribution in [0.3, 0.4) is 0 Å². The largest absolute Gasteiger partial charge is 0.356 e. The molecule has 0 aromatic heterocycles. The quantitative estimate of drug-likeness (QED) is 0.858. The maximum Gasteiger partial charge on any atom is 0.230 e. The summed E-state index contributed by atoms with van der Waals surface area (Å²) in [6.45, 7) is 1.32. The van der Waals surface area contributed by atoms with Gasteiger partial charge in [0.25, 0.3) is 0 Å². The van der Waals surface area contributed by atoms with Crippen molar-refractivity contribution in [1.82, 2.24) is 5.32 Å². The minimum absolute atomic E-state index is 0.00684. The normalized spacial score (nSPS) is 20.7. The summed E-state index contributed by atoms with van der Waals surface area (Å²) in [7, 11) is 0. The van der Waals surface area contributed by atoms with Gasteiger partial charge in [-0.25, -0.2) is 0 Å². The van der Waals surface area contributed by atoms with E-state index < -0.39 is 0 Å². The Balaban J connectivity index is 1.29. The molecular formula is C22H23ClN2O2. The average Bonchev–Trinajstić information content (AvgIpc) is 3.49. The number of aryl methyl sites for hydroxylation is 1. The van der Waals surface area contributed by atoms with Gasteiger partial charge in [-0.1, -0.05) is 41.9 Å². The lowest BCUT2D eigenvalue weighted by atomic mass is 10.0. The zero-order valence-electron chi connectivity index (χ0n) is 15.2. The summed E-state index contributed by atoms with van der Waals surface area (Å²) in [5.74, 6) is -0.267. The first-order chi connectivity index (χ1) is 13.1. The fraction of sp³-hybridized carbons (Fsp3) is 0.364. The van der Waals surface area contributed by atoms with Crippen molar-refractivity contribution in [3.05, 3.63) is 64.7 Å². The third-order valence-electron chi connectivity index (χ3n) is 5.45. The highest BCUT2D eigenvalue weighted by Crippen LogP contribution is 2.42. The smallest absolute Gasteiger partial charge is 0.230 e. The van der Waals surface area contributed by atoms with Crippen LogP contribution in [0.4, 0.5) is 5.69 Å². The number of hydrogen-bond acceptors (Lipinski definition) is 2. The molecule has 0 bridgehead atoms. The Morgan fingerprint density at radius 2 is 1.85 bits per heavy atom. The number of amides is 2. The summed E-state index contributed by atoms with van der Waals surface area (Å²) in [4.78, 5) is 27.2. The van der Waals surface area contributed by atoms with Gasteiger partial charge in [0.1, 0.15) is 0 Å². The summed E-state index contributed by atoms with van der Waals surface area (Å²) < 4.78 is 0. The third kappa shape index (κ3) is 4.01. The Kier molecular flexibility index (Phi) is 5.17. The van der Waals surface area contributed by atoms with Crippen LogP contribution in [-0.2, 0) is 22.4 Å². The van der Waals surface area contributed by atoms with Crippen molar-refractivity contribution in [2.75, 3.05) is 18.0 Å². The highest BCUT2D eigenvalue weighted by molar-refractivity contribution is 6.30. The summed E-state index contributed by atoms with van der Waals surface area (Å²) in [6.07, 6.45) is 3.41. The molecule has 1 saturated carbocycles. The molecular weight excluding hydrogens is 360 g/mol. The van der Waals surface area contributed by atoms with E-state index in [-0.39, 0.29) is 23.7 Å². The van der Waals surface area contributed by atoms with Gasteiger partial charge in [-0.05, 0) is 55.0 Å². The number of nitrogens with one attached hydrogen (secondary N) is 1. The Labute approximate surface area is 164 Å². The highest BCUT2D eigenvalue weighted by atomic mass is 35.5. The second-order valence-electron chi connectivity index (χ2n) is 7.34. The SMILES string of the molecule is O=C(NCCc1ccc(Cl)cc1)C1CC1C(=O)N1CCCc2ccccc21. The molecule has 2 aliphatic rings. The molecule has 1 aliphatic carbocycles. The van der Waals surface area contributed by atoms with Gasteiger partial charge in [0.05, 0.1) is 11.8 Å². The number of carbonyl (C=O) groups is 2. The second-order valence-corrected chi connectivity index (χ2v) is 7.77. The summed E-state index contributed by atoms with van der Waals surface area (Å²) in [5, 5.41) is 3.68. The van der Waals surface area contributed by atoms with Crippen molar-refractivity contribution in [2.24, 2.45) is 11.8 Å². The number of halogens is 1. The molecule has 5 heteroatoms. The first-order valence-corrected chi connectivity index (χ1v) is 9.93. The van der Waals surface area contributed by atoms with Crippen LogP contribution < -0.4 is 10.2 Å². The Morgan fingerprint density at radius 3 is 2.67 bits per heavy atom. The monoisotopic (exact) mass is 382 g/mol. The van der Waals surface area contributed by atoms with Crippen LogP contribution in [0.15, 0.2) is 48.5 Å². The van der Waals surface area contributed by atoms with Crippen LogP contribution in [0, 0.1) is 11.8 Å². The van der Waals surface area contributed by atoms with Gasteiger partial charge in [-0.3, -0.25) is 9.59 Å². The van der Waals surface area contributed by atoms with Gasteiger partial charge in [-0.2, -0.15) is 0 Å². The van der Waals surface area contributed by atoms with Crippen molar-refractivity contribution in [3.8, 4) is 0 Å². The molecule has 0 radical (unpaired) electrons. The second kappa shape index (κ2) is 7.73. The van der Waals surface area contributed by atoms with E-state index in [0.29, 0.717) is 18.0 Å². The molecule has 140 valence electrons. The van der Waals surface area contributed by atoms with E-state index in [1.807, 2.05) is 47.4 Å². The number of anilines is 1. The van der Waals surface area contributed by atoms with Crippen molar-refractivity contribution in [3.63, 3.8) is 0 Å². The summed E-state index contributed by atoms with van der Waals surface area (Å²) in [6, 6.07) is 15.7. The van der Waals surface area contributed by atoms with Gasteiger partial charge >= 0.3 is 0 Å². The Hall–Kier alpha value is -2.33. The van der Waals surface area contributed by atoms with E-state index in [9.17, 15) is 9.59 Å². The van der Waals surface area contributed by atoms with Gasteiger partial charge in [0, 0.05) is 23.8 Å². The van der Waals surface area contributed by atoms with Crippen molar-refractivity contribution >= 4 is 29.1 Å². The van der Waals surface area contributed by atoms with Gasteiger partial charge in [0.15, 0.2) is 0 Å². The molecule has 0 saturated heterocycles. The van der Waals surface area contributed by atoms with Crippen molar-refractivity contribution in [1.29, 1.82) is 0 Å². The molecule has 1 aliphatic heterocycles. The maximum absolute atomic E-state index is 12.9. The number of fused-ring (bicyclic) bond motifs is 1. The predicted octanol–water partition coefficient (Wildman–Crippen LogP) is 3.61. The van der Waals surface area contributed by atoms with Gasteiger partial charge in [-0.15, -0.1) is 0 Å². The van der Waals surface area contributed by atoms with Crippen LogP contribution >= 0.6 is 11.6 Å². The first kappa shape index (κ1) is 18.1. The Bertz CT molecular complexity index is 850. The van der Waals surface area contributed by atoms with Crippen molar-refractivity contribution < 1.29 is 9.59 Å². The lowest BCUT2D eigenvalue weighted by Gasteiger charge is -2.29. The van der Waals surface area contributed by atoms with Crippen LogP contribution in [0.2, 0.25) is 5.02 Å². The minimum Gasteiger partial charge on any atom is -0.356 e. The summed E-state index contributed by atoms with van der Waals surface area (Å²) in [5.41, 5.74) is 3.37. The molecule has 1 fully saturated rings. The maximum atomic E-state index is 12.9. The zero-order chi connectivity index (χ0) is 18.8. The molecule has 1 N–H and O–H groups in total. The topological polar surface area (TPSA) is 49.4 Å². The average molecular weight is 383 g/mol. The number of para-hydroxylation sites is 1. The number of nitrogens with zero attached hydrogens (tertiary/aromatic N) is 1. The number of rotatable bonds is 5. The molecule has 4 rings (SSSR count). The number of carbonyl (C=O) groups excluding carboxylic acids is 2. The molecule has 4 nitrogen and oxygen atoms in total. The van der Waals surface area contributed by atoms with Crippen LogP contribution in [0.25, 0.3) is 0 Å². The highest BCUT2D eigenvalue weighted by Gasteiger charge is 2.49. The first-order valence-electron chi connectivity index (χ1n) is 9.55. The third-order valence-corrected chi connectivity index (χ3v) is 5.70. The lowest BCUT2D eigenvalue weighted by molar-refractivity contribution is -0.126. The fourth-order valence-corrected chi connectivity index (χ4v) is 3.96. The van der Waals surface area contributed by atoms with Gasteiger partial charge < -0.3 is 10.2 Å². The molecule has 2 aromatic carbocycles. The Morgan fingerprint density at radius 1 is 1.07 bits per heavy atom. The van der Waals surface area contributed by atoms with Crippen molar-refractivity contribution in [2.45, 2.75) is 25.7 Å². The van der Waals surface area contributed by atoms with E-state index in [2.05, 4.69) is 11.4 Å². The zero-order valence-corrected chi connectivity index (χ0v) is 15.9. The van der Waals surface area contributed by atoms with Crippen LogP contribution in [-0.4, -0.2) is 24.9 Å². The van der Waals surface area contributed by atoms with Crippen LogP contribution in [0.5, 0.6) is 0 Å². The predicted molar refractivity (Wildman–Crippen MR) is 107 cm³/mol.